The van der Waals surface area contributed by atoms with Crippen LogP contribution in [0.1, 0.15) is 13.3 Å². The first-order valence-corrected chi connectivity index (χ1v) is 6.44. The molecular formula is C11H21N3OS. The van der Waals surface area contributed by atoms with Crippen LogP contribution in [-0.2, 0) is 4.74 Å². The monoisotopic (exact) mass is 243 g/mol. The van der Waals surface area contributed by atoms with Gasteiger partial charge in [0.05, 0.1) is 24.2 Å². The molecule has 5 heteroatoms. The smallest absolute Gasteiger partial charge is 0.0899 e. The highest BCUT2D eigenvalue weighted by Gasteiger charge is 2.31. The van der Waals surface area contributed by atoms with Crippen molar-refractivity contribution in [2.75, 3.05) is 39.4 Å². The average Bonchev–Trinajstić information content (AvgIpc) is 2.78. The Morgan fingerprint density at radius 2 is 2.06 bits per heavy atom. The zero-order valence-corrected chi connectivity index (χ0v) is 10.7. The van der Waals surface area contributed by atoms with E-state index in [1.807, 2.05) is 0 Å². The van der Waals surface area contributed by atoms with Gasteiger partial charge in [-0.15, -0.1) is 0 Å². The second-order valence-electron chi connectivity index (χ2n) is 4.66. The maximum absolute atomic E-state index is 5.70. The van der Waals surface area contributed by atoms with Crippen LogP contribution in [-0.4, -0.2) is 66.3 Å². The number of likely N-dealkylation sites (tertiary alicyclic amines) is 1. The van der Waals surface area contributed by atoms with Crippen molar-refractivity contribution in [3.63, 3.8) is 0 Å². The molecule has 2 aliphatic rings. The molecule has 92 valence electrons. The maximum atomic E-state index is 5.70. The minimum absolute atomic E-state index is 0.237. The number of morpholine rings is 1. The molecule has 2 N–H and O–H groups in total. The quantitative estimate of drug-likeness (QED) is 0.710. The number of ether oxygens (including phenoxy) is 1. The molecule has 0 saturated carbocycles. The van der Waals surface area contributed by atoms with Crippen molar-refractivity contribution in [1.82, 2.24) is 9.80 Å². The fourth-order valence-corrected chi connectivity index (χ4v) is 2.69. The molecule has 0 bridgehead atoms. The molecule has 2 heterocycles. The van der Waals surface area contributed by atoms with Gasteiger partial charge in [-0.25, -0.2) is 0 Å². The standard InChI is InChI=1S/C11H21N3OS/c1-9(11(12)16)14-3-2-10(8-14)13-4-6-15-7-5-13/h9-10H,2-8H2,1H3,(H2,12,16). The molecule has 2 fully saturated rings. The molecule has 2 aliphatic heterocycles. The third-order valence-electron chi connectivity index (χ3n) is 3.72. The molecule has 0 aromatic rings. The van der Waals surface area contributed by atoms with Gasteiger partial charge in [-0.3, -0.25) is 9.80 Å². The van der Waals surface area contributed by atoms with E-state index >= 15 is 0 Å². The Morgan fingerprint density at radius 1 is 1.38 bits per heavy atom. The van der Waals surface area contributed by atoms with E-state index in [1.165, 1.54) is 6.42 Å². The highest BCUT2D eigenvalue weighted by Crippen LogP contribution is 2.18. The fraction of sp³-hybridized carbons (Fsp3) is 0.909. The number of nitrogens with zero attached hydrogens (tertiary/aromatic N) is 2. The maximum Gasteiger partial charge on any atom is 0.0899 e. The second-order valence-corrected chi connectivity index (χ2v) is 5.14. The van der Waals surface area contributed by atoms with Gasteiger partial charge < -0.3 is 10.5 Å². The van der Waals surface area contributed by atoms with Crippen molar-refractivity contribution in [1.29, 1.82) is 0 Å². The Labute approximate surface area is 103 Å². The molecule has 0 spiro atoms. The van der Waals surface area contributed by atoms with Crippen LogP contribution < -0.4 is 5.73 Å². The van der Waals surface area contributed by atoms with Crippen molar-refractivity contribution < 1.29 is 4.74 Å². The molecule has 2 atom stereocenters. The summed E-state index contributed by atoms with van der Waals surface area (Å²) in [6.45, 7) is 8.20. The predicted octanol–water partition coefficient (Wildman–Crippen LogP) is 0.0675. The highest BCUT2D eigenvalue weighted by molar-refractivity contribution is 7.80. The van der Waals surface area contributed by atoms with E-state index in [0.717, 1.165) is 39.4 Å². The second kappa shape index (κ2) is 5.40. The Morgan fingerprint density at radius 3 is 2.69 bits per heavy atom. The average molecular weight is 243 g/mol. The lowest BCUT2D eigenvalue weighted by Crippen LogP contribution is -2.46. The van der Waals surface area contributed by atoms with Gasteiger partial charge in [-0.2, -0.15) is 0 Å². The molecule has 2 unspecified atom stereocenters. The molecular weight excluding hydrogens is 222 g/mol. The van der Waals surface area contributed by atoms with Gasteiger partial charge in [0.25, 0.3) is 0 Å². The fourth-order valence-electron chi connectivity index (χ4n) is 2.54. The Balaban J connectivity index is 1.84. The van der Waals surface area contributed by atoms with Crippen LogP contribution in [0.5, 0.6) is 0 Å². The van der Waals surface area contributed by atoms with Gasteiger partial charge in [0, 0.05) is 32.2 Å². The zero-order chi connectivity index (χ0) is 11.5. The van der Waals surface area contributed by atoms with Gasteiger partial charge in [-0.05, 0) is 13.3 Å². The van der Waals surface area contributed by atoms with E-state index < -0.39 is 0 Å². The van der Waals surface area contributed by atoms with Crippen molar-refractivity contribution in [3.05, 3.63) is 0 Å². The topological polar surface area (TPSA) is 41.7 Å². The summed E-state index contributed by atoms with van der Waals surface area (Å²) in [6, 6.07) is 0.904. The van der Waals surface area contributed by atoms with Gasteiger partial charge in [-0.1, -0.05) is 12.2 Å². The van der Waals surface area contributed by atoms with E-state index in [9.17, 15) is 0 Å². The van der Waals surface area contributed by atoms with Crippen LogP contribution in [0, 0.1) is 0 Å². The lowest BCUT2D eigenvalue weighted by molar-refractivity contribution is 0.0183. The summed E-state index contributed by atoms with van der Waals surface area (Å²) in [6.07, 6.45) is 1.23. The van der Waals surface area contributed by atoms with Gasteiger partial charge >= 0.3 is 0 Å². The first-order valence-electron chi connectivity index (χ1n) is 6.03. The third-order valence-corrected chi connectivity index (χ3v) is 4.06. The van der Waals surface area contributed by atoms with E-state index in [4.69, 9.17) is 22.7 Å². The highest BCUT2D eigenvalue weighted by atomic mass is 32.1. The van der Waals surface area contributed by atoms with Crippen LogP contribution in [0.2, 0.25) is 0 Å². The lowest BCUT2D eigenvalue weighted by atomic mass is 10.2. The molecule has 0 aromatic heterocycles. The van der Waals surface area contributed by atoms with Gasteiger partial charge in [0.2, 0.25) is 0 Å². The van der Waals surface area contributed by atoms with Crippen LogP contribution >= 0.6 is 12.2 Å². The summed E-state index contributed by atoms with van der Waals surface area (Å²) >= 11 is 5.05. The number of hydrogen-bond acceptors (Lipinski definition) is 4. The molecule has 0 radical (unpaired) electrons. The summed E-state index contributed by atoms with van der Waals surface area (Å²) in [5.74, 6) is 0. The minimum Gasteiger partial charge on any atom is -0.392 e. The molecule has 16 heavy (non-hydrogen) atoms. The van der Waals surface area contributed by atoms with Crippen molar-refractivity contribution in [2.45, 2.75) is 25.4 Å². The molecule has 2 rings (SSSR count). The Kier molecular flexibility index (Phi) is 4.13. The van der Waals surface area contributed by atoms with Crippen LogP contribution in [0.25, 0.3) is 0 Å². The molecule has 0 aromatic carbocycles. The van der Waals surface area contributed by atoms with Crippen molar-refractivity contribution in [2.24, 2.45) is 5.73 Å². The number of nitrogens with two attached hydrogens (primary N) is 1. The number of hydrogen-bond donors (Lipinski definition) is 1. The zero-order valence-electron chi connectivity index (χ0n) is 9.89. The van der Waals surface area contributed by atoms with Gasteiger partial charge in [0.1, 0.15) is 0 Å². The van der Waals surface area contributed by atoms with E-state index in [1.54, 1.807) is 0 Å². The van der Waals surface area contributed by atoms with E-state index in [2.05, 4.69) is 16.7 Å². The first kappa shape index (κ1) is 12.2. The number of rotatable bonds is 3. The molecule has 0 aliphatic carbocycles. The molecule has 0 amide bonds. The predicted molar refractivity (Wildman–Crippen MR) is 68.6 cm³/mol. The lowest BCUT2D eigenvalue weighted by Gasteiger charge is -2.32. The SMILES string of the molecule is CC(C(N)=S)N1CCC(N2CCOCC2)C1. The van der Waals surface area contributed by atoms with Crippen LogP contribution in [0.4, 0.5) is 0 Å². The summed E-state index contributed by atoms with van der Waals surface area (Å²) in [5.41, 5.74) is 5.70. The van der Waals surface area contributed by atoms with Gasteiger partial charge in [0.15, 0.2) is 0 Å². The largest absolute Gasteiger partial charge is 0.392 e. The van der Waals surface area contributed by atoms with Crippen molar-refractivity contribution >= 4 is 17.2 Å². The molecule has 2 saturated heterocycles. The minimum atomic E-state index is 0.237. The summed E-state index contributed by atoms with van der Waals surface area (Å²) in [7, 11) is 0. The van der Waals surface area contributed by atoms with Crippen LogP contribution in [0.15, 0.2) is 0 Å². The first-order chi connectivity index (χ1) is 7.68. The number of thiocarbonyl (C=S) groups is 1. The van der Waals surface area contributed by atoms with E-state index in [-0.39, 0.29) is 6.04 Å². The normalized spacial score (nSPS) is 30.4. The Bertz CT molecular complexity index is 256. The summed E-state index contributed by atoms with van der Waals surface area (Å²) < 4.78 is 5.38. The molecule has 4 nitrogen and oxygen atoms in total. The van der Waals surface area contributed by atoms with E-state index in [0.29, 0.717) is 11.0 Å². The summed E-state index contributed by atoms with van der Waals surface area (Å²) in [4.78, 5) is 5.54. The third kappa shape index (κ3) is 2.71. The van der Waals surface area contributed by atoms with Crippen molar-refractivity contribution in [3.8, 4) is 0 Å². The van der Waals surface area contributed by atoms with Crippen LogP contribution in [0.3, 0.4) is 0 Å². The Hall–Kier alpha value is -0.230. The summed E-state index contributed by atoms with van der Waals surface area (Å²) in [5, 5.41) is 0.